The number of hydrogen-bond donors (Lipinski definition) is 2. The molecule has 0 unspecified atom stereocenters. The van der Waals surface area contributed by atoms with Gasteiger partial charge in [0.05, 0.1) is 10.6 Å². The molecule has 0 aliphatic rings. The fraction of sp³-hybridized carbons (Fsp3) is 0.158. The lowest BCUT2D eigenvalue weighted by Crippen LogP contribution is -2.35. The van der Waals surface area contributed by atoms with Gasteiger partial charge in [-0.1, -0.05) is 41.9 Å². The van der Waals surface area contributed by atoms with Crippen LogP contribution in [0.4, 0.5) is 0 Å². The highest BCUT2D eigenvalue weighted by Gasteiger charge is 2.13. The van der Waals surface area contributed by atoms with E-state index in [0.717, 1.165) is 10.9 Å². The zero-order chi connectivity index (χ0) is 17.8. The van der Waals surface area contributed by atoms with Gasteiger partial charge in [-0.2, -0.15) is 0 Å². The van der Waals surface area contributed by atoms with Crippen LogP contribution in [-0.4, -0.2) is 29.5 Å². The minimum absolute atomic E-state index is 0.175. The summed E-state index contributed by atoms with van der Waals surface area (Å²) < 4.78 is 1.85. The van der Waals surface area contributed by atoms with Gasteiger partial charge in [0.2, 0.25) is 0 Å². The summed E-state index contributed by atoms with van der Waals surface area (Å²) in [5, 5.41) is 6.98. The minimum atomic E-state index is -0.260. The fourth-order valence-corrected chi connectivity index (χ4v) is 2.91. The predicted octanol–water partition coefficient (Wildman–Crippen LogP) is 2.99. The monoisotopic (exact) mass is 355 g/mol. The van der Waals surface area contributed by atoms with E-state index in [1.807, 2.05) is 41.9 Å². The number of nitrogens with one attached hydrogen (secondary N) is 2. The van der Waals surface area contributed by atoms with Crippen molar-refractivity contribution in [3.05, 3.63) is 70.9 Å². The number of hydrogen-bond acceptors (Lipinski definition) is 2. The normalized spacial score (nSPS) is 10.6. The number of carbonyl (C=O) groups excluding carboxylic acids is 2. The van der Waals surface area contributed by atoms with Crippen LogP contribution in [0.5, 0.6) is 0 Å². The Bertz CT molecular complexity index is 933. The number of aromatic nitrogens is 1. The summed E-state index contributed by atoms with van der Waals surface area (Å²) in [5.74, 6) is -0.435. The van der Waals surface area contributed by atoms with Crippen LogP contribution >= 0.6 is 11.6 Å². The van der Waals surface area contributed by atoms with Crippen LogP contribution < -0.4 is 10.6 Å². The van der Waals surface area contributed by atoms with Gasteiger partial charge < -0.3 is 15.2 Å². The van der Waals surface area contributed by atoms with Crippen molar-refractivity contribution >= 4 is 34.3 Å². The second kappa shape index (κ2) is 7.40. The SMILES string of the molecule is Cn1c(C(=O)NCCNC(=O)c2ccccc2Cl)cc2ccccc21. The van der Waals surface area contributed by atoms with Crippen molar-refractivity contribution < 1.29 is 9.59 Å². The Kier molecular flexibility index (Phi) is 5.05. The second-order valence-electron chi connectivity index (χ2n) is 5.64. The average Bonchev–Trinajstić information content (AvgIpc) is 2.96. The van der Waals surface area contributed by atoms with Crippen molar-refractivity contribution in [2.45, 2.75) is 0 Å². The number of fused-ring (bicyclic) bond motifs is 1. The maximum atomic E-state index is 12.3. The van der Waals surface area contributed by atoms with Crippen LogP contribution in [-0.2, 0) is 7.05 Å². The van der Waals surface area contributed by atoms with E-state index in [1.54, 1.807) is 24.3 Å². The summed E-state index contributed by atoms with van der Waals surface area (Å²) in [6.45, 7) is 0.649. The van der Waals surface area contributed by atoms with E-state index in [0.29, 0.717) is 29.4 Å². The molecule has 0 atom stereocenters. The molecule has 2 aromatic carbocycles. The number of nitrogens with zero attached hydrogens (tertiary/aromatic N) is 1. The molecule has 5 nitrogen and oxygen atoms in total. The Balaban J connectivity index is 1.55. The quantitative estimate of drug-likeness (QED) is 0.691. The summed E-state index contributed by atoms with van der Waals surface area (Å²) in [4.78, 5) is 24.4. The van der Waals surface area contributed by atoms with Gasteiger partial charge in [0.15, 0.2) is 0 Å². The zero-order valence-electron chi connectivity index (χ0n) is 13.8. The summed E-state index contributed by atoms with van der Waals surface area (Å²) in [7, 11) is 1.86. The summed E-state index contributed by atoms with van der Waals surface area (Å²) >= 11 is 5.99. The molecule has 0 aliphatic heterocycles. The standard InChI is InChI=1S/C19H18ClN3O2/c1-23-16-9-5-2-6-13(16)12-17(23)19(25)22-11-10-21-18(24)14-7-3-4-8-15(14)20/h2-9,12H,10-11H2,1H3,(H,21,24)(H,22,25). The van der Waals surface area contributed by atoms with Gasteiger partial charge in [0, 0.05) is 31.0 Å². The zero-order valence-corrected chi connectivity index (χ0v) is 14.5. The van der Waals surface area contributed by atoms with Crippen molar-refractivity contribution in [3.63, 3.8) is 0 Å². The van der Waals surface area contributed by atoms with E-state index in [1.165, 1.54) is 0 Å². The predicted molar refractivity (Wildman–Crippen MR) is 99.0 cm³/mol. The third-order valence-corrected chi connectivity index (χ3v) is 4.33. The lowest BCUT2D eigenvalue weighted by molar-refractivity contribution is 0.0923. The van der Waals surface area contributed by atoms with Gasteiger partial charge in [-0.15, -0.1) is 0 Å². The number of aryl methyl sites for hydroxylation is 1. The van der Waals surface area contributed by atoms with Crippen molar-refractivity contribution in [2.24, 2.45) is 7.05 Å². The second-order valence-corrected chi connectivity index (χ2v) is 6.05. The molecular weight excluding hydrogens is 338 g/mol. The topological polar surface area (TPSA) is 63.1 Å². The largest absolute Gasteiger partial charge is 0.350 e. The maximum absolute atomic E-state index is 12.3. The third kappa shape index (κ3) is 3.67. The molecule has 3 aromatic rings. The van der Waals surface area contributed by atoms with Gasteiger partial charge in [-0.25, -0.2) is 0 Å². The van der Waals surface area contributed by atoms with Gasteiger partial charge in [-0.05, 0) is 24.3 Å². The smallest absolute Gasteiger partial charge is 0.267 e. The third-order valence-electron chi connectivity index (χ3n) is 4.00. The van der Waals surface area contributed by atoms with Crippen molar-refractivity contribution in [1.82, 2.24) is 15.2 Å². The molecule has 0 saturated heterocycles. The van der Waals surface area contributed by atoms with Crippen molar-refractivity contribution in [1.29, 1.82) is 0 Å². The first-order valence-electron chi connectivity index (χ1n) is 7.93. The van der Waals surface area contributed by atoms with Crippen LogP contribution in [0.1, 0.15) is 20.8 Å². The molecule has 0 spiro atoms. The van der Waals surface area contributed by atoms with Gasteiger partial charge >= 0.3 is 0 Å². The number of halogens is 1. The van der Waals surface area contributed by atoms with Gasteiger partial charge in [0.1, 0.15) is 5.69 Å². The molecule has 0 bridgehead atoms. The molecule has 128 valence electrons. The first-order chi connectivity index (χ1) is 12.1. The highest BCUT2D eigenvalue weighted by Crippen LogP contribution is 2.18. The van der Waals surface area contributed by atoms with E-state index >= 15 is 0 Å². The summed E-state index contributed by atoms with van der Waals surface area (Å²) in [5.41, 5.74) is 2.00. The molecule has 3 rings (SSSR count). The minimum Gasteiger partial charge on any atom is -0.350 e. The van der Waals surface area contributed by atoms with Crippen LogP contribution in [0.3, 0.4) is 0 Å². The molecule has 25 heavy (non-hydrogen) atoms. The first-order valence-corrected chi connectivity index (χ1v) is 8.31. The molecule has 2 N–H and O–H groups in total. The highest BCUT2D eigenvalue weighted by molar-refractivity contribution is 6.33. The Morgan fingerprint density at radius 1 is 0.960 bits per heavy atom. The molecule has 6 heteroatoms. The number of rotatable bonds is 5. The number of para-hydroxylation sites is 1. The van der Waals surface area contributed by atoms with E-state index < -0.39 is 0 Å². The average molecular weight is 356 g/mol. The van der Waals surface area contributed by atoms with Crippen LogP contribution in [0.2, 0.25) is 5.02 Å². The molecule has 0 radical (unpaired) electrons. The number of carbonyl (C=O) groups is 2. The molecule has 0 fully saturated rings. The van der Waals surface area contributed by atoms with Gasteiger partial charge in [-0.3, -0.25) is 9.59 Å². The maximum Gasteiger partial charge on any atom is 0.267 e. The van der Waals surface area contributed by atoms with Crippen LogP contribution in [0.25, 0.3) is 10.9 Å². The van der Waals surface area contributed by atoms with Crippen molar-refractivity contribution in [3.8, 4) is 0 Å². The fourth-order valence-electron chi connectivity index (χ4n) is 2.69. The number of benzene rings is 2. The Morgan fingerprint density at radius 2 is 1.60 bits per heavy atom. The highest BCUT2D eigenvalue weighted by atomic mass is 35.5. The van der Waals surface area contributed by atoms with E-state index in [4.69, 9.17) is 11.6 Å². The Morgan fingerprint density at radius 3 is 2.32 bits per heavy atom. The molecule has 1 aromatic heterocycles. The van der Waals surface area contributed by atoms with Gasteiger partial charge in [0.25, 0.3) is 11.8 Å². The van der Waals surface area contributed by atoms with E-state index in [-0.39, 0.29) is 11.8 Å². The van der Waals surface area contributed by atoms with Crippen LogP contribution in [0, 0.1) is 0 Å². The number of amides is 2. The molecule has 0 saturated carbocycles. The molecular formula is C19H18ClN3O2. The lowest BCUT2D eigenvalue weighted by Gasteiger charge is -2.09. The summed E-state index contributed by atoms with van der Waals surface area (Å²) in [6, 6.07) is 16.5. The Labute approximate surface area is 150 Å². The first kappa shape index (κ1) is 17.0. The van der Waals surface area contributed by atoms with Crippen LogP contribution in [0.15, 0.2) is 54.6 Å². The molecule has 1 heterocycles. The van der Waals surface area contributed by atoms with E-state index in [9.17, 15) is 9.59 Å². The molecule has 2 amide bonds. The molecule has 0 aliphatic carbocycles. The Hall–Kier alpha value is -2.79. The van der Waals surface area contributed by atoms with Crippen molar-refractivity contribution in [2.75, 3.05) is 13.1 Å². The summed E-state index contributed by atoms with van der Waals surface area (Å²) in [6.07, 6.45) is 0. The lowest BCUT2D eigenvalue weighted by atomic mass is 10.2. The van der Waals surface area contributed by atoms with E-state index in [2.05, 4.69) is 10.6 Å².